The molecule has 4 heteroatoms. The Morgan fingerprint density at radius 2 is 2.06 bits per heavy atom. The Morgan fingerprint density at radius 1 is 1.24 bits per heavy atom. The van der Waals surface area contributed by atoms with Crippen molar-refractivity contribution in [2.24, 2.45) is 0 Å². The molecule has 0 amide bonds. The van der Waals surface area contributed by atoms with Crippen LogP contribution in [-0.4, -0.2) is 0 Å². The van der Waals surface area contributed by atoms with Gasteiger partial charge in [0.05, 0.1) is 21.8 Å². The first-order chi connectivity index (χ1) is 8.22. The van der Waals surface area contributed by atoms with Crippen LogP contribution >= 0.6 is 34.5 Å². The fourth-order valence-electron chi connectivity index (χ4n) is 1.67. The third kappa shape index (κ3) is 2.95. The topological polar surface area (TPSA) is 12.0 Å². The minimum absolute atomic E-state index is 0.283. The van der Waals surface area contributed by atoms with Gasteiger partial charge in [-0.05, 0) is 30.0 Å². The summed E-state index contributed by atoms with van der Waals surface area (Å²) in [5.41, 5.74) is 0.888. The van der Waals surface area contributed by atoms with E-state index in [9.17, 15) is 0 Å². The summed E-state index contributed by atoms with van der Waals surface area (Å²) in [7, 11) is 0. The molecule has 1 heterocycles. The van der Waals surface area contributed by atoms with Gasteiger partial charge in [0, 0.05) is 4.88 Å². The number of rotatable bonds is 4. The number of thiophene rings is 1. The van der Waals surface area contributed by atoms with Crippen LogP contribution < -0.4 is 5.32 Å². The average molecular weight is 286 g/mol. The molecule has 1 nitrogen and oxygen atoms in total. The number of hydrogen-bond donors (Lipinski definition) is 1. The monoisotopic (exact) mass is 285 g/mol. The van der Waals surface area contributed by atoms with E-state index in [4.69, 9.17) is 23.2 Å². The zero-order chi connectivity index (χ0) is 12.3. The third-order valence-electron chi connectivity index (χ3n) is 2.58. The lowest BCUT2D eigenvalue weighted by Crippen LogP contribution is -2.08. The maximum Gasteiger partial charge on any atom is 0.0823 e. The molecule has 17 heavy (non-hydrogen) atoms. The van der Waals surface area contributed by atoms with Crippen LogP contribution in [0.1, 0.15) is 24.3 Å². The van der Waals surface area contributed by atoms with Gasteiger partial charge in [0.2, 0.25) is 0 Å². The molecule has 0 bridgehead atoms. The van der Waals surface area contributed by atoms with E-state index in [1.54, 1.807) is 17.4 Å². The number of anilines is 1. The van der Waals surface area contributed by atoms with Gasteiger partial charge in [0.1, 0.15) is 0 Å². The van der Waals surface area contributed by atoms with E-state index in [1.165, 1.54) is 4.88 Å². The summed E-state index contributed by atoms with van der Waals surface area (Å²) in [6.07, 6.45) is 1.00. The smallest absolute Gasteiger partial charge is 0.0823 e. The van der Waals surface area contributed by atoms with E-state index < -0.39 is 0 Å². The largest absolute Gasteiger partial charge is 0.376 e. The summed E-state index contributed by atoms with van der Waals surface area (Å²) in [6.45, 7) is 2.15. The Morgan fingerprint density at radius 3 is 2.71 bits per heavy atom. The number of nitrogens with one attached hydrogen (secondary N) is 1. The van der Waals surface area contributed by atoms with E-state index >= 15 is 0 Å². The third-order valence-corrected chi connectivity index (χ3v) is 4.38. The maximum atomic E-state index is 6.16. The van der Waals surface area contributed by atoms with Crippen LogP contribution in [0.25, 0.3) is 0 Å². The van der Waals surface area contributed by atoms with Gasteiger partial charge < -0.3 is 5.32 Å². The van der Waals surface area contributed by atoms with Crippen LogP contribution in [0, 0.1) is 0 Å². The van der Waals surface area contributed by atoms with Crippen LogP contribution in [0.2, 0.25) is 10.0 Å². The summed E-state index contributed by atoms with van der Waals surface area (Å²) in [5.74, 6) is 0. The van der Waals surface area contributed by atoms with Gasteiger partial charge in [0.25, 0.3) is 0 Å². The number of hydrogen-bond acceptors (Lipinski definition) is 2. The van der Waals surface area contributed by atoms with E-state index in [0.717, 1.165) is 12.1 Å². The van der Waals surface area contributed by atoms with Crippen LogP contribution in [0.3, 0.4) is 0 Å². The maximum absolute atomic E-state index is 6.16. The lowest BCUT2D eigenvalue weighted by atomic mass is 10.1. The highest BCUT2D eigenvalue weighted by atomic mass is 35.5. The quantitative estimate of drug-likeness (QED) is 0.769. The van der Waals surface area contributed by atoms with Crippen molar-refractivity contribution in [3.8, 4) is 0 Å². The first-order valence-electron chi connectivity index (χ1n) is 5.46. The van der Waals surface area contributed by atoms with Crippen molar-refractivity contribution in [2.45, 2.75) is 19.4 Å². The summed E-state index contributed by atoms with van der Waals surface area (Å²) in [6, 6.07) is 10.1. The summed E-state index contributed by atoms with van der Waals surface area (Å²) in [5, 5.41) is 6.69. The fourth-order valence-corrected chi connectivity index (χ4v) is 2.88. The molecule has 2 aromatic rings. The van der Waals surface area contributed by atoms with Crippen LogP contribution in [0.15, 0.2) is 35.7 Å². The van der Waals surface area contributed by atoms with Gasteiger partial charge in [0.15, 0.2) is 0 Å². The van der Waals surface area contributed by atoms with E-state index in [1.807, 2.05) is 12.1 Å². The predicted molar refractivity (Wildman–Crippen MR) is 77.4 cm³/mol. The molecule has 0 aliphatic carbocycles. The van der Waals surface area contributed by atoms with E-state index in [0.29, 0.717) is 10.0 Å². The molecule has 0 fully saturated rings. The lowest BCUT2D eigenvalue weighted by molar-refractivity contribution is 0.764. The predicted octanol–water partition coefficient (Wildman–Crippen LogP) is 5.62. The van der Waals surface area contributed by atoms with Gasteiger partial charge in [-0.15, -0.1) is 11.3 Å². The molecule has 0 saturated heterocycles. The summed E-state index contributed by atoms with van der Waals surface area (Å²) >= 11 is 13.9. The summed E-state index contributed by atoms with van der Waals surface area (Å²) < 4.78 is 0. The van der Waals surface area contributed by atoms with Crippen LogP contribution in [0.4, 0.5) is 5.69 Å². The molecule has 0 aliphatic heterocycles. The van der Waals surface area contributed by atoms with Crippen molar-refractivity contribution >= 4 is 40.2 Å². The number of benzene rings is 1. The second-order valence-electron chi connectivity index (χ2n) is 3.72. The Kier molecular flexibility index (Phi) is 4.32. The second-order valence-corrected chi connectivity index (χ2v) is 5.49. The van der Waals surface area contributed by atoms with Gasteiger partial charge in [-0.2, -0.15) is 0 Å². The van der Waals surface area contributed by atoms with Crippen molar-refractivity contribution in [3.05, 3.63) is 50.6 Å². The zero-order valence-corrected chi connectivity index (χ0v) is 11.7. The standard InChI is InChI=1S/C13H13Cl2NS/c1-2-10(12-7-4-8-17-12)16-11-6-3-5-9(14)13(11)15/h3-8,10,16H,2H2,1H3. The number of halogens is 2. The molecule has 1 unspecified atom stereocenters. The Labute approximate surface area is 115 Å². The van der Waals surface area contributed by atoms with Crippen molar-refractivity contribution in [3.63, 3.8) is 0 Å². The highest BCUT2D eigenvalue weighted by molar-refractivity contribution is 7.10. The highest BCUT2D eigenvalue weighted by Gasteiger charge is 2.12. The SMILES string of the molecule is CCC(Nc1cccc(Cl)c1Cl)c1cccs1. The first-order valence-corrected chi connectivity index (χ1v) is 7.10. The molecule has 1 aromatic heterocycles. The van der Waals surface area contributed by atoms with Crippen molar-refractivity contribution < 1.29 is 0 Å². The van der Waals surface area contributed by atoms with Crippen molar-refractivity contribution in [2.75, 3.05) is 5.32 Å². The van der Waals surface area contributed by atoms with E-state index in [-0.39, 0.29) is 6.04 Å². The Balaban J connectivity index is 2.22. The molecule has 0 radical (unpaired) electrons. The van der Waals surface area contributed by atoms with Gasteiger partial charge in [-0.25, -0.2) is 0 Å². The minimum Gasteiger partial charge on any atom is -0.376 e. The normalized spacial score (nSPS) is 12.4. The van der Waals surface area contributed by atoms with Crippen LogP contribution in [0.5, 0.6) is 0 Å². The van der Waals surface area contributed by atoms with Gasteiger partial charge in [-0.3, -0.25) is 0 Å². The zero-order valence-electron chi connectivity index (χ0n) is 9.41. The van der Waals surface area contributed by atoms with Gasteiger partial charge in [-0.1, -0.05) is 42.3 Å². The molecule has 1 N–H and O–H groups in total. The molecule has 2 rings (SSSR count). The molecule has 90 valence electrons. The molecule has 0 aliphatic rings. The molecular formula is C13H13Cl2NS. The van der Waals surface area contributed by atoms with Crippen LogP contribution in [-0.2, 0) is 0 Å². The van der Waals surface area contributed by atoms with Crippen molar-refractivity contribution in [1.82, 2.24) is 0 Å². The molecule has 1 atom stereocenters. The lowest BCUT2D eigenvalue weighted by Gasteiger charge is -2.18. The summed E-state index contributed by atoms with van der Waals surface area (Å²) in [4.78, 5) is 1.31. The Bertz CT molecular complexity index is 482. The van der Waals surface area contributed by atoms with E-state index in [2.05, 4.69) is 29.8 Å². The molecule has 0 saturated carbocycles. The second kappa shape index (κ2) is 5.76. The first kappa shape index (κ1) is 12.7. The molecular weight excluding hydrogens is 273 g/mol. The minimum atomic E-state index is 0.283. The average Bonchev–Trinajstić information content (AvgIpc) is 2.85. The highest BCUT2D eigenvalue weighted by Crippen LogP contribution is 2.33. The van der Waals surface area contributed by atoms with Crippen molar-refractivity contribution in [1.29, 1.82) is 0 Å². The molecule has 1 aromatic carbocycles. The van der Waals surface area contributed by atoms with Gasteiger partial charge >= 0.3 is 0 Å². The Hall–Kier alpha value is -0.700. The molecule has 0 spiro atoms. The fraction of sp³-hybridized carbons (Fsp3) is 0.231.